The fourth-order valence-corrected chi connectivity index (χ4v) is 4.51. The highest BCUT2D eigenvalue weighted by molar-refractivity contribution is 7.94. The van der Waals surface area contributed by atoms with Crippen molar-refractivity contribution in [3.8, 4) is 0 Å². The van der Waals surface area contributed by atoms with Crippen LogP contribution in [0.15, 0.2) is 48.5 Å². The van der Waals surface area contributed by atoms with Gasteiger partial charge in [-0.3, -0.25) is 9.59 Å². The summed E-state index contributed by atoms with van der Waals surface area (Å²) in [6.45, 7) is 3.53. The Bertz CT molecular complexity index is 936. The van der Waals surface area contributed by atoms with E-state index in [-0.39, 0.29) is 22.9 Å². The summed E-state index contributed by atoms with van der Waals surface area (Å²) in [5.41, 5.74) is 2.18. The standard InChI is InChI=1S/C18H18N2O4S/c1-12-6-8-15(9-7-12)19-17(21)14-4-3-5-16(10-14)20-18(22)13(2)11-25(20,23)24/h3-10,13H,11H2,1-2H3,(H,19,21)/t13-/m1/s1. The van der Waals surface area contributed by atoms with Gasteiger partial charge < -0.3 is 5.32 Å². The van der Waals surface area contributed by atoms with Crippen molar-refractivity contribution >= 4 is 33.2 Å². The van der Waals surface area contributed by atoms with Crippen LogP contribution >= 0.6 is 0 Å². The maximum Gasteiger partial charge on any atom is 0.255 e. The first-order valence-electron chi connectivity index (χ1n) is 7.83. The zero-order chi connectivity index (χ0) is 18.2. The summed E-state index contributed by atoms with van der Waals surface area (Å²) in [6.07, 6.45) is 0. The third-order valence-electron chi connectivity index (χ3n) is 4.01. The minimum Gasteiger partial charge on any atom is -0.322 e. The van der Waals surface area contributed by atoms with E-state index in [0.717, 1.165) is 9.87 Å². The molecule has 6 nitrogen and oxygen atoms in total. The molecule has 130 valence electrons. The van der Waals surface area contributed by atoms with Crippen LogP contribution in [0.2, 0.25) is 0 Å². The lowest BCUT2D eigenvalue weighted by Gasteiger charge is -2.16. The number of hydrogen-bond donors (Lipinski definition) is 1. The number of benzene rings is 2. The molecule has 3 rings (SSSR count). The quantitative estimate of drug-likeness (QED) is 0.914. The summed E-state index contributed by atoms with van der Waals surface area (Å²) in [6, 6.07) is 13.4. The first kappa shape index (κ1) is 17.2. The summed E-state index contributed by atoms with van der Waals surface area (Å²) >= 11 is 0. The molecule has 1 fully saturated rings. The van der Waals surface area contributed by atoms with E-state index in [1.807, 2.05) is 19.1 Å². The van der Waals surface area contributed by atoms with Gasteiger partial charge in [-0.05, 0) is 37.3 Å². The van der Waals surface area contributed by atoms with E-state index < -0.39 is 21.8 Å². The largest absolute Gasteiger partial charge is 0.322 e. The number of nitrogens with one attached hydrogen (secondary N) is 1. The van der Waals surface area contributed by atoms with Gasteiger partial charge in [0.15, 0.2) is 0 Å². The number of carbonyl (C=O) groups excluding carboxylic acids is 2. The van der Waals surface area contributed by atoms with Gasteiger partial charge in [-0.1, -0.05) is 30.7 Å². The average molecular weight is 358 g/mol. The molecule has 1 saturated heterocycles. The number of amides is 2. The molecule has 0 aromatic heterocycles. The van der Waals surface area contributed by atoms with Crippen molar-refractivity contribution in [1.82, 2.24) is 0 Å². The Morgan fingerprint density at radius 3 is 2.44 bits per heavy atom. The van der Waals surface area contributed by atoms with Gasteiger partial charge in [0, 0.05) is 11.3 Å². The number of carbonyl (C=O) groups is 2. The zero-order valence-electron chi connectivity index (χ0n) is 13.9. The number of rotatable bonds is 3. The molecule has 2 amide bonds. The summed E-state index contributed by atoms with van der Waals surface area (Å²) in [5.74, 6) is -1.65. The van der Waals surface area contributed by atoms with E-state index in [1.54, 1.807) is 31.2 Å². The molecule has 1 aliphatic heterocycles. The third-order valence-corrected chi connectivity index (χ3v) is 5.88. The predicted molar refractivity (Wildman–Crippen MR) is 96.0 cm³/mol. The van der Waals surface area contributed by atoms with Gasteiger partial charge in [-0.25, -0.2) is 12.7 Å². The van der Waals surface area contributed by atoms with E-state index in [0.29, 0.717) is 5.69 Å². The average Bonchev–Trinajstić information content (AvgIpc) is 2.77. The van der Waals surface area contributed by atoms with E-state index in [9.17, 15) is 18.0 Å². The SMILES string of the molecule is Cc1ccc(NC(=O)c2cccc(N3C(=O)[C@H](C)CS3(=O)=O)c2)cc1. The maximum absolute atomic E-state index is 12.4. The predicted octanol–water partition coefficient (Wildman–Crippen LogP) is 2.56. The second-order valence-corrected chi connectivity index (χ2v) is 8.02. The Kier molecular flexibility index (Phi) is 4.34. The van der Waals surface area contributed by atoms with Crippen molar-refractivity contribution in [3.63, 3.8) is 0 Å². The molecule has 7 heteroatoms. The maximum atomic E-state index is 12.4. The Balaban J connectivity index is 1.88. The molecule has 25 heavy (non-hydrogen) atoms. The topological polar surface area (TPSA) is 83.6 Å². The Morgan fingerprint density at radius 2 is 1.84 bits per heavy atom. The highest BCUT2D eigenvalue weighted by atomic mass is 32.2. The molecule has 1 heterocycles. The number of nitrogens with zero attached hydrogens (tertiary/aromatic N) is 1. The van der Waals surface area contributed by atoms with Crippen molar-refractivity contribution in [2.45, 2.75) is 13.8 Å². The van der Waals surface area contributed by atoms with E-state index in [1.165, 1.54) is 12.1 Å². The lowest BCUT2D eigenvalue weighted by molar-refractivity contribution is -0.119. The van der Waals surface area contributed by atoms with E-state index >= 15 is 0 Å². The van der Waals surface area contributed by atoms with Gasteiger partial charge >= 0.3 is 0 Å². The Labute approximate surface area is 146 Å². The molecule has 1 aliphatic rings. The summed E-state index contributed by atoms with van der Waals surface area (Å²) in [5, 5.41) is 2.75. The van der Waals surface area contributed by atoms with E-state index in [2.05, 4.69) is 5.32 Å². The third kappa shape index (κ3) is 3.41. The van der Waals surface area contributed by atoms with Crippen LogP contribution in [0.3, 0.4) is 0 Å². The van der Waals surface area contributed by atoms with Crippen LogP contribution in [0.4, 0.5) is 11.4 Å². The van der Waals surface area contributed by atoms with Crippen molar-refractivity contribution in [1.29, 1.82) is 0 Å². The van der Waals surface area contributed by atoms with Crippen molar-refractivity contribution in [2.24, 2.45) is 5.92 Å². The van der Waals surface area contributed by atoms with Gasteiger partial charge in [-0.15, -0.1) is 0 Å². The Morgan fingerprint density at radius 1 is 1.16 bits per heavy atom. The fourth-order valence-electron chi connectivity index (χ4n) is 2.70. The zero-order valence-corrected chi connectivity index (χ0v) is 14.7. The molecule has 2 aromatic rings. The molecule has 2 aromatic carbocycles. The monoisotopic (exact) mass is 358 g/mol. The van der Waals surface area contributed by atoms with Crippen molar-refractivity contribution in [3.05, 3.63) is 59.7 Å². The molecule has 0 radical (unpaired) electrons. The lowest BCUT2D eigenvalue weighted by Crippen LogP contribution is -2.30. The van der Waals surface area contributed by atoms with Crippen LogP contribution in [0.1, 0.15) is 22.8 Å². The second kappa shape index (κ2) is 6.33. The molecular formula is C18H18N2O4S. The summed E-state index contributed by atoms with van der Waals surface area (Å²) < 4.78 is 25.2. The summed E-state index contributed by atoms with van der Waals surface area (Å²) in [7, 11) is -3.69. The highest BCUT2D eigenvalue weighted by Gasteiger charge is 2.42. The van der Waals surface area contributed by atoms with Gasteiger partial charge in [-0.2, -0.15) is 0 Å². The highest BCUT2D eigenvalue weighted by Crippen LogP contribution is 2.28. The molecule has 1 N–H and O–H groups in total. The molecule has 1 atom stereocenters. The van der Waals surface area contributed by atoms with Crippen molar-refractivity contribution in [2.75, 3.05) is 15.4 Å². The first-order valence-corrected chi connectivity index (χ1v) is 9.44. The van der Waals surface area contributed by atoms with Crippen molar-refractivity contribution < 1.29 is 18.0 Å². The van der Waals surface area contributed by atoms with Gasteiger partial charge in [0.05, 0.1) is 17.4 Å². The lowest BCUT2D eigenvalue weighted by atomic mass is 10.1. The molecule has 0 saturated carbocycles. The molecular weight excluding hydrogens is 340 g/mol. The van der Waals surface area contributed by atoms with E-state index in [4.69, 9.17) is 0 Å². The summed E-state index contributed by atoms with van der Waals surface area (Å²) in [4.78, 5) is 24.6. The minimum absolute atomic E-state index is 0.186. The van der Waals surface area contributed by atoms with Crippen LogP contribution < -0.4 is 9.62 Å². The number of sulfonamides is 1. The molecule has 0 spiro atoms. The second-order valence-electron chi connectivity index (χ2n) is 6.15. The van der Waals surface area contributed by atoms with Gasteiger partial charge in [0.1, 0.15) is 0 Å². The first-order chi connectivity index (χ1) is 11.8. The fraction of sp³-hybridized carbons (Fsp3) is 0.222. The van der Waals surface area contributed by atoms with Crippen LogP contribution in [0, 0.1) is 12.8 Å². The van der Waals surface area contributed by atoms with Crippen LogP contribution in [0.25, 0.3) is 0 Å². The normalized spacial score (nSPS) is 19.0. The molecule has 0 aliphatic carbocycles. The number of hydrogen-bond acceptors (Lipinski definition) is 4. The smallest absolute Gasteiger partial charge is 0.255 e. The van der Waals surface area contributed by atoms with Crippen LogP contribution in [-0.2, 0) is 14.8 Å². The van der Waals surface area contributed by atoms with Gasteiger partial charge in [0.2, 0.25) is 15.9 Å². The Hall–Kier alpha value is -2.67. The van der Waals surface area contributed by atoms with Gasteiger partial charge in [0.25, 0.3) is 5.91 Å². The number of aryl methyl sites for hydroxylation is 1. The molecule has 0 unspecified atom stereocenters. The minimum atomic E-state index is -3.69. The van der Waals surface area contributed by atoms with Crippen LogP contribution in [-0.4, -0.2) is 26.0 Å². The number of anilines is 2. The van der Waals surface area contributed by atoms with Crippen LogP contribution in [0.5, 0.6) is 0 Å². The molecule has 0 bridgehead atoms.